The third-order valence-corrected chi connectivity index (χ3v) is 2.38. The zero-order valence-electron chi connectivity index (χ0n) is 12.3. The molecule has 0 saturated heterocycles. The van der Waals surface area contributed by atoms with Gasteiger partial charge in [-0.15, -0.1) is 0 Å². The Balaban J connectivity index is 2.18. The molecule has 0 spiro atoms. The van der Waals surface area contributed by atoms with E-state index in [9.17, 15) is 0 Å². The maximum Gasteiger partial charge on any atom is 0.262 e. The van der Waals surface area contributed by atoms with Crippen molar-refractivity contribution in [2.45, 2.75) is 0 Å². The van der Waals surface area contributed by atoms with E-state index in [2.05, 4.69) is 15.4 Å². The third kappa shape index (κ3) is 6.54. The maximum atomic E-state index is 5.46. The van der Waals surface area contributed by atoms with Gasteiger partial charge in [0.15, 0.2) is 5.82 Å². The first-order chi connectivity index (χ1) is 10.3. The van der Waals surface area contributed by atoms with E-state index < -0.39 is 0 Å². The number of hydrogen-bond acceptors (Lipinski definition) is 9. The zero-order chi connectivity index (χ0) is 15.3. The van der Waals surface area contributed by atoms with Gasteiger partial charge < -0.3 is 29.1 Å². The lowest BCUT2D eigenvalue weighted by Crippen LogP contribution is -2.14. The molecule has 1 aromatic rings. The molecule has 0 atom stereocenters. The van der Waals surface area contributed by atoms with Crippen LogP contribution in [0.4, 0.5) is 5.82 Å². The highest BCUT2D eigenvalue weighted by Gasteiger charge is 2.12. The second-order valence-electron chi connectivity index (χ2n) is 3.77. The Morgan fingerprint density at radius 3 is 2.29 bits per heavy atom. The van der Waals surface area contributed by atoms with E-state index >= 15 is 0 Å². The smallest absolute Gasteiger partial charge is 0.262 e. The Hall–Kier alpha value is -1.68. The lowest BCUT2D eigenvalue weighted by atomic mass is 10.5. The van der Waals surface area contributed by atoms with Crippen LogP contribution in [0, 0.1) is 0 Å². The van der Waals surface area contributed by atoms with Gasteiger partial charge in [-0.1, -0.05) is 0 Å². The molecule has 0 saturated carbocycles. The zero-order valence-corrected chi connectivity index (χ0v) is 12.3. The molecule has 1 aromatic heterocycles. The SMILES string of the molecule is COCCOCCOCCOc1ncnc(NN)c1OC. The van der Waals surface area contributed by atoms with Crippen molar-refractivity contribution < 1.29 is 23.7 Å². The molecule has 0 radical (unpaired) electrons. The van der Waals surface area contributed by atoms with Crippen molar-refractivity contribution in [2.24, 2.45) is 5.84 Å². The summed E-state index contributed by atoms with van der Waals surface area (Å²) in [5.41, 5.74) is 2.41. The van der Waals surface area contributed by atoms with Crippen LogP contribution in [0.1, 0.15) is 0 Å². The van der Waals surface area contributed by atoms with Crippen molar-refractivity contribution >= 4 is 5.82 Å². The fraction of sp³-hybridized carbons (Fsp3) is 0.667. The number of nitrogens with zero attached hydrogens (tertiary/aromatic N) is 2. The average Bonchev–Trinajstić information content (AvgIpc) is 2.52. The second kappa shape index (κ2) is 11.0. The van der Waals surface area contributed by atoms with Crippen LogP contribution in [-0.4, -0.2) is 63.8 Å². The average molecular weight is 302 g/mol. The van der Waals surface area contributed by atoms with Crippen molar-refractivity contribution in [2.75, 3.05) is 59.3 Å². The summed E-state index contributed by atoms with van der Waals surface area (Å²) in [4.78, 5) is 7.89. The minimum Gasteiger partial charge on any atom is -0.489 e. The highest BCUT2D eigenvalue weighted by atomic mass is 16.6. The van der Waals surface area contributed by atoms with E-state index in [-0.39, 0.29) is 0 Å². The van der Waals surface area contributed by atoms with Crippen LogP contribution in [0.25, 0.3) is 0 Å². The molecule has 9 heteroatoms. The highest BCUT2D eigenvalue weighted by Crippen LogP contribution is 2.29. The van der Waals surface area contributed by atoms with Gasteiger partial charge in [-0.3, -0.25) is 0 Å². The highest BCUT2D eigenvalue weighted by molar-refractivity contribution is 5.54. The molecule has 0 aliphatic heterocycles. The first-order valence-corrected chi connectivity index (χ1v) is 6.46. The Morgan fingerprint density at radius 1 is 1.00 bits per heavy atom. The van der Waals surface area contributed by atoms with Crippen molar-refractivity contribution in [1.29, 1.82) is 0 Å². The fourth-order valence-corrected chi connectivity index (χ4v) is 1.41. The molecule has 0 aliphatic rings. The summed E-state index contributed by atoms with van der Waals surface area (Å²) in [5, 5.41) is 0. The summed E-state index contributed by atoms with van der Waals surface area (Å²) in [7, 11) is 3.12. The molecular weight excluding hydrogens is 280 g/mol. The topological polar surface area (TPSA) is 110 Å². The Labute approximate surface area is 123 Å². The van der Waals surface area contributed by atoms with E-state index in [1.807, 2.05) is 0 Å². The van der Waals surface area contributed by atoms with Crippen LogP contribution in [-0.2, 0) is 14.2 Å². The minimum atomic E-state index is 0.306. The fourth-order valence-electron chi connectivity index (χ4n) is 1.41. The van der Waals surface area contributed by atoms with E-state index in [0.717, 1.165) is 0 Å². The number of hydrogen-bond donors (Lipinski definition) is 2. The standard InChI is InChI=1S/C12H22N4O5/c1-17-3-4-19-5-6-20-7-8-21-12-10(18-2)11(16-13)14-9-15-12/h9H,3-8,13H2,1-2H3,(H,14,15,16). The van der Waals surface area contributed by atoms with Gasteiger partial charge in [-0.05, 0) is 0 Å². The molecule has 9 nitrogen and oxygen atoms in total. The Morgan fingerprint density at radius 2 is 1.67 bits per heavy atom. The number of ether oxygens (including phenoxy) is 5. The second-order valence-corrected chi connectivity index (χ2v) is 3.77. The number of rotatable bonds is 12. The number of methoxy groups -OCH3 is 2. The molecule has 0 amide bonds. The first kappa shape index (κ1) is 17.4. The van der Waals surface area contributed by atoms with Crippen molar-refractivity contribution in [1.82, 2.24) is 9.97 Å². The number of nitrogen functional groups attached to an aromatic ring is 1. The monoisotopic (exact) mass is 302 g/mol. The summed E-state index contributed by atoms with van der Waals surface area (Å²) in [6.07, 6.45) is 1.33. The molecule has 1 heterocycles. The lowest BCUT2D eigenvalue weighted by molar-refractivity contribution is 0.0174. The van der Waals surface area contributed by atoms with E-state index in [0.29, 0.717) is 57.1 Å². The summed E-state index contributed by atoms with van der Waals surface area (Å²) < 4.78 is 26.0. The van der Waals surface area contributed by atoms with Crippen molar-refractivity contribution in [3.8, 4) is 11.6 Å². The lowest BCUT2D eigenvalue weighted by Gasteiger charge is -2.11. The minimum absolute atomic E-state index is 0.306. The molecule has 21 heavy (non-hydrogen) atoms. The van der Waals surface area contributed by atoms with Gasteiger partial charge in [0.1, 0.15) is 12.9 Å². The number of anilines is 1. The predicted octanol–water partition coefficient (Wildman–Crippen LogP) is -0.171. The number of hydrazine groups is 1. The normalized spacial score (nSPS) is 10.4. The van der Waals surface area contributed by atoms with Crippen LogP contribution in [0.3, 0.4) is 0 Å². The summed E-state index contributed by atoms with van der Waals surface area (Å²) in [6, 6.07) is 0. The van der Waals surface area contributed by atoms with Crippen LogP contribution in [0.2, 0.25) is 0 Å². The van der Waals surface area contributed by atoms with Crippen LogP contribution in [0.15, 0.2) is 6.33 Å². The van der Waals surface area contributed by atoms with Crippen LogP contribution in [0.5, 0.6) is 11.6 Å². The predicted molar refractivity (Wildman–Crippen MR) is 75.4 cm³/mol. The molecular formula is C12H22N4O5. The largest absolute Gasteiger partial charge is 0.489 e. The van der Waals surface area contributed by atoms with Crippen LogP contribution < -0.4 is 20.7 Å². The van der Waals surface area contributed by atoms with E-state index in [4.69, 9.17) is 29.5 Å². The number of nitrogens with one attached hydrogen (secondary N) is 1. The quantitative estimate of drug-likeness (QED) is 0.309. The number of nitrogens with two attached hydrogens (primary N) is 1. The summed E-state index contributed by atoms with van der Waals surface area (Å²) in [6.45, 7) is 2.88. The molecule has 0 aromatic carbocycles. The third-order valence-electron chi connectivity index (χ3n) is 2.38. The van der Waals surface area contributed by atoms with Gasteiger partial charge in [-0.25, -0.2) is 10.8 Å². The Bertz CT molecular complexity index is 394. The maximum absolute atomic E-state index is 5.46. The molecule has 0 fully saturated rings. The van der Waals surface area contributed by atoms with Crippen molar-refractivity contribution in [3.05, 3.63) is 6.33 Å². The van der Waals surface area contributed by atoms with Gasteiger partial charge >= 0.3 is 0 Å². The molecule has 1 rings (SSSR count). The van der Waals surface area contributed by atoms with Gasteiger partial charge in [0.2, 0.25) is 5.75 Å². The Kier molecular flexibility index (Phi) is 9.13. The summed E-state index contributed by atoms with van der Waals surface area (Å²) in [5.74, 6) is 6.33. The molecule has 0 bridgehead atoms. The molecule has 0 unspecified atom stereocenters. The van der Waals surface area contributed by atoms with Crippen LogP contribution >= 0.6 is 0 Å². The number of aromatic nitrogens is 2. The van der Waals surface area contributed by atoms with Crippen molar-refractivity contribution in [3.63, 3.8) is 0 Å². The van der Waals surface area contributed by atoms with E-state index in [1.54, 1.807) is 7.11 Å². The van der Waals surface area contributed by atoms with Gasteiger partial charge in [0, 0.05) is 7.11 Å². The summed E-state index contributed by atoms with van der Waals surface area (Å²) >= 11 is 0. The molecule has 120 valence electrons. The van der Waals surface area contributed by atoms with Gasteiger partial charge in [-0.2, -0.15) is 4.98 Å². The van der Waals surface area contributed by atoms with Gasteiger partial charge in [0.05, 0.1) is 40.1 Å². The molecule has 0 aliphatic carbocycles. The van der Waals surface area contributed by atoms with E-state index in [1.165, 1.54) is 13.4 Å². The molecule has 3 N–H and O–H groups in total. The first-order valence-electron chi connectivity index (χ1n) is 6.46. The van der Waals surface area contributed by atoms with Gasteiger partial charge in [0.25, 0.3) is 5.88 Å².